The van der Waals surface area contributed by atoms with Crippen molar-refractivity contribution >= 4 is 29.2 Å². The standard InChI is InChI=1S/C37H48ClNO6/c1-10-29(45-30-19-18-26(36(5,6)11-2)20-27(30)37(7,8)12-3)35(41)39-28-21-31(43-23-32(40)42-9)24(4)33(38)34(28)44-22-25-16-14-13-15-17-25/h13-21,29H,10-12,22-23H2,1-9H3,(H,39,41). The van der Waals surface area contributed by atoms with Crippen molar-refractivity contribution in [1.29, 1.82) is 0 Å². The van der Waals surface area contributed by atoms with Gasteiger partial charge in [0.1, 0.15) is 18.1 Å². The molecule has 3 rings (SSSR count). The molecule has 0 saturated carbocycles. The third-order valence-corrected chi connectivity index (χ3v) is 9.12. The minimum Gasteiger partial charge on any atom is -0.485 e. The van der Waals surface area contributed by atoms with Crippen molar-refractivity contribution in [3.8, 4) is 17.2 Å². The van der Waals surface area contributed by atoms with Gasteiger partial charge in [-0.1, -0.05) is 103 Å². The number of esters is 1. The first-order valence-corrected chi connectivity index (χ1v) is 16.0. The highest BCUT2D eigenvalue weighted by Gasteiger charge is 2.30. The van der Waals surface area contributed by atoms with E-state index < -0.39 is 12.1 Å². The van der Waals surface area contributed by atoms with Gasteiger partial charge < -0.3 is 24.3 Å². The van der Waals surface area contributed by atoms with Crippen LogP contribution in [0.3, 0.4) is 0 Å². The van der Waals surface area contributed by atoms with Crippen molar-refractivity contribution in [2.24, 2.45) is 0 Å². The number of carbonyl (C=O) groups excluding carboxylic acids is 2. The van der Waals surface area contributed by atoms with Gasteiger partial charge in [-0.15, -0.1) is 0 Å². The van der Waals surface area contributed by atoms with Crippen LogP contribution in [0.4, 0.5) is 5.69 Å². The Kier molecular flexibility index (Phi) is 12.3. The summed E-state index contributed by atoms with van der Waals surface area (Å²) in [5.74, 6) is 0.399. The lowest BCUT2D eigenvalue weighted by Gasteiger charge is -2.31. The van der Waals surface area contributed by atoms with Crippen molar-refractivity contribution < 1.29 is 28.5 Å². The van der Waals surface area contributed by atoms with Gasteiger partial charge in [0.15, 0.2) is 18.5 Å². The summed E-state index contributed by atoms with van der Waals surface area (Å²) in [4.78, 5) is 25.6. The first-order valence-electron chi connectivity index (χ1n) is 15.6. The average molecular weight is 638 g/mol. The highest BCUT2D eigenvalue weighted by molar-refractivity contribution is 6.33. The maximum atomic E-state index is 13.8. The smallest absolute Gasteiger partial charge is 0.343 e. The molecule has 0 spiro atoms. The van der Waals surface area contributed by atoms with Crippen molar-refractivity contribution in [3.05, 3.63) is 81.9 Å². The number of hydrogen-bond donors (Lipinski definition) is 1. The Morgan fingerprint density at radius 3 is 2.16 bits per heavy atom. The molecule has 45 heavy (non-hydrogen) atoms. The predicted octanol–water partition coefficient (Wildman–Crippen LogP) is 8.95. The number of nitrogens with one attached hydrogen (secondary N) is 1. The highest BCUT2D eigenvalue weighted by Crippen LogP contribution is 2.43. The lowest BCUT2D eigenvalue weighted by molar-refractivity contribution is -0.142. The van der Waals surface area contributed by atoms with Crippen LogP contribution in [0.25, 0.3) is 0 Å². The summed E-state index contributed by atoms with van der Waals surface area (Å²) < 4.78 is 23.1. The molecule has 3 aromatic carbocycles. The lowest BCUT2D eigenvalue weighted by atomic mass is 9.76. The molecule has 0 heterocycles. The fraction of sp³-hybridized carbons (Fsp3) is 0.459. The van der Waals surface area contributed by atoms with Crippen molar-refractivity contribution in [3.63, 3.8) is 0 Å². The number of halogens is 1. The number of carbonyl (C=O) groups is 2. The van der Waals surface area contributed by atoms with Crippen LogP contribution in [0, 0.1) is 6.92 Å². The first-order chi connectivity index (χ1) is 21.3. The average Bonchev–Trinajstić information content (AvgIpc) is 3.04. The molecule has 8 heteroatoms. The summed E-state index contributed by atoms with van der Waals surface area (Å²) in [7, 11) is 1.29. The monoisotopic (exact) mass is 637 g/mol. The van der Waals surface area contributed by atoms with Gasteiger partial charge in [0.05, 0.1) is 17.8 Å². The van der Waals surface area contributed by atoms with E-state index in [0.717, 1.165) is 24.0 Å². The van der Waals surface area contributed by atoms with Crippen LogP contribution in [0.2, 0.25) is 5.02 Å². The van der Waals surface area contributed by atoms with E-state index in [0.29, 0.717) is 34.9 Å². The summed E-state index contributed by atoms with van der Waals surface area (Å²) in [6, 6.07) is 17.6. The molecule has 0 bridgehead atoms. The zero-order valence-corrected chi connectivity index (χ0v) is 28.9. The van der Waals surface area contributed by atoms with Gasteiger partial charge in [-0.05, 0) is 54.2 Å². The van der Waals surface area contributed by atoms with Crippen LogP contribution >= 0.6 is 11.6 Å². The molecular formula is C37H48ClNO6. The number of ether oxygens (including phenoxy) is 4. The number of hydrogen-bond acceptors (Lipinski definition) is 6. The van der Waals surface area contributed by atoms with E-state index in [-0.39, 0.29) is 35.0 Å². The summed E-state index contributed by atoms with van der Waals surface area (Å²) in [5, 5.41) is 3.24. The van der Waals surface area contributed by atoms with Gasteiger partial charge >= 0.3 is 5.97 Å². The number of rotatable bonds is 15. The van der Waals surface area contributed by atoms with Crippen LogP contribution in [-0.4, -0.2) is 31.7 Å². The topological polar surface area (TPSA) is 83.1 Å². The molecule has 0 aliphatic rings. The van der Waals surface area contributed by atoms with E-state index in [1.165, 1.54) is 12.7 Å². The molecule has 0 radical (unpaired) electrons. The van der Waals surface area contributed by atoms with E-state index >= 15 is 0 Å². The summed E-state index contributed by atoms with van der Waals surface area (Å²) in [6.45, 7) is 16.8. The van der Waals surface area contributed by atoms with Crippen LogP contribution in [0.1, 0.15) is 90.0 Å². The molecule has 0 fully saturated rings. The zero-order chi connectivity index (χ0) is 33.4. The molecule has 0 aliphatic carbocycles. The molecule has 1 atom stereocenters. The SMILES string of the molecule is CCC(Oc1ccc(C(C)(C)CC)cc1C(C)(C)CC)C(=O)Nc1cc(OCC(=O)OC)c(C)c(Cl)c1OCc1ccccc1. The number of amides is 1. The van der Waals surface area contributed by atoms with E-state index in [1.807, 2.05) is 43.3 Å². The van der Waals surface area contributed by atoms with Crippen molar-refractivity contribution in [2.45, 2.75) is 98.2 Å². The van der Waals surface area contributed by atoms with Gasteiger partial charge in [-0.2, -0.15) is 0 Å². The summed E-state index contributed by atoms with van der Waals surface area (Å²) in [6.07, 6.45) is 1.52. The number of methoxy groups -OCH3 is 1. The Labute approximate surface area is 273 Å². The molecule has 0 aliphatic heterocycles. The molecule has 0 saturated heterocycles. The molecular weight excluding hydrogens is 590 g/mol. The third-order valence-electron chi connectivity index (χ3n) is 8.67. The van der Waals surface area contributed by atoms with Crippen LogP contribution < -0.4 is 19.5 Å². The van der Waals surface area contributed by atoms with Gasteiger partial charge in [-0.25, -0.2) is 4.79 Å². The predicted molar refractivity (Wildman–Crippen MR) is 181 cm³/mol. The molecule has 7 nitrogen and oxygen atoms in total. The second-order valence-corrected chi connectivity index (χ2v) is 12.9. The van der Waals surface area contributed by atoms with E-state index in [2.05, 4.69) is 59.0 Å². The zero-order valence-electron chi connectivity index (χ0n) is 28.1. The quantitative estimate of drug-likeness (QED) is 0.168. The molecule has 1 N–H and O–H groups in total. The molecule has 244 valence electrons. The van der Waals surface area contributed by atoms with E-state index in [1.54, 1.807) is 13.0 Å². The Hall–Kier alpha value is -3.71. The van der Waals surface area contributed by atoms with Crippen LogP contribution in [-0.2, 0) is 31.8 Å². The Balaban J connectivity index is 1.98. The number of anilines is 1. The first kappa shape index (κ1) is 35.8. The minimum atomic E-state index is -0.803. The van der Waals surface area contributed by atoms with Gasteiger partial charge in [0.25, 0.3) is 5.91 Å². The fourth-order valence-corrected chi connectivity index (χ4v) is 4.93. The molecule has 3 aromatic rings. The number of benzene rings is 3. The van der Waals surface area contributed by atoms with Gasteiger partial charge in [0.2, 0.25) is 0 Å². The Morgan fingerprint density at radius 2 is 1.56 bits per heavy atom. The van der Waals surface area contributed by atoms with Gasteiger partial charge in [-0.3, -0.25) is 4.79 Å². The largest absolute Gasteiger partial charge is 0.485 e. The maximum absolute atomic E-state index is 13.8. The Bertz CT molecular complexity index is 1470. The lowest BCUT2D eigenvalue weighted by Crippen LogP contribution is -2.33. The molecule has 1 amide bonds. The normalized spacial score (nSPS) is 12.3. The molecule has 0 aromatic heterocycles. The highest BCUT2D eigenvalue weighted by atomic mass is 35.5. The second-order valence-electron chi connectivity index (χ2n) is 12.5. The minimum absolute atomic E-state index is 0.00708. The van der Waals surface area contributed by atoms with E-state index in [9.17, 15) is 9.59 Å². The van der Waals surface area contributed by atoms with Crippen molar-refractivity contribution in [2.75, 3.05) is 19.0 Å². The third kappa shape index (κ3) is 8.94. The van der Waals surface area contributed by atoms with Crippen molar-refractivity contribution in [1.82, 2.24) is 0 Å². The van der Waals surface area contributed by atoms with Crippen LogP contribution in [0.5, 0.6) is 17.2 Å². The van der Waals surface area contributed by atoms with Crippen LogP contribution in [0.15, 0.2) is 54.6 Å². The van der Waals surface area contributed by atoms with Gasteiger partial charge in [0, 0.05) is 17.2 Å². The van der Waals surface area contributed by atoms with E-state index in [4.69, 9.17) is 30.5 Å². The summed E-state index contributed by atoms with van der Waals surface area (Å²) in [5.41, 5.74) is 3.95. The maximum Gasteiger partial charge on any atom is 0.343 e. The summed E-state index contributed by atoms with van der Waals surface area (Å²) >= 11 is 6.79. The Morgan fingerprint density at radius 1 is 0.889 bits per heavy atom. The molecule has 1 unspecified atom stereocenters. The second kappa shape index (κ2) is 15.5. The fourth-order valence-electron chi connectivity index (χ4n) is 4.68.